The maximum absolute atomic E-state index is 5.82. The van der Waals surface area contributed by atoms with E-state index in [9.17, 15) is 0 Å². The van der Waals surface area contributed by atoms with E-state index in [0.29, 0.717) is 5.82 Å². The van der Waals surface area contributed by atoms with Gasteiger partial charge >= 0.3 is 0 Å². The standard InChI is InChI=1S/C11H13N3O/c1-2-4-8-10(9-5-3-6-15-9)13-7-14-11(8)12/h3,5-7H,2,4H2,1H3,(H2,12,13,14). The molecule has 2 rings (SSSR count). The van der Waals surface area contributed by atoms with Crippen LogP contribution in [0.1, 0.15) is 18.9 Å². The van der Waals surface area contributed by atoms with Crippen molar-refractivity contribution in [1.29, 1.82) is 0 Å². The van der Waals surface area contributed by atoms with Gasteiger partial charge in [0.15, 0.2) is 5.76 Å². The molecule has 2 N–H and O–H groups in total. The summed E-state index contributed by atoms with van der Waals surface area (Å²) in [4.78, 5) is 8.21. The summed E-state index contributed by atoms with van der Waals surface area (Å²) in [5, 5.41) is 0. The molecule has 0 atom stereocenters. The Labute approximate surface area is 88.2 Å². The van der Waals surface area contributed by atoms with Gasteiger partial charge in [0, 0.05) is 5.56 Å². The smallest absolute Gasteiger partial charge is 0.152 e. The Morgan fingerprint density at radius 2 is 2.27 bits per heavy atom. The minimum absolute atomic E-state index is 0.540. The minimum atomic E-state index is 0.540. The van der Waals surface area contributed by atoms with E-state index in [1.807, 2.05) is 12.1 Å². The van der Waals surface area contributed by atoms with Crippen LogP contribution in [0.2, 0.25) is 0 Å². The van der Waals surface area contributed by atoms with Gasteiger partial charge < -0.3 is 10.2 Å². The van der Waals surface area contributed by atoms with E-state index in [0.717, 1.165) is 29.9 Å². The Morgan fingerprint density at radius 1 is 1.40 bits per heavy atom. The van der Waals surface area contributed by atoms with Crippen LogP contribution in [-0.4, -0.2) is 9.97 Å². The Balaban J connectivity index is 2.51. The topological polar surface area (TPSA) is 64.9 Å². The van der Waals surface area contributed by atoms with Crippen LogP contribution in [0.4, 0.5) is 5.82 Å². The van der Waals surface area contributed by atoms with Gasteiger partial charge in [0.2, 0.25) is 0 Å². The molecule has 0 saturated heterocycles. The fourth-order valence-electron chi connectivity index (χ4n) is 1.55. The molecule has 4 heteroatoms. The average Bonchev–Trinajstić information content (AvgIpc) is 2.74. The molecule has 0 unspecified atom stereocenters. The number of nitrogens with zero attached hydrogens (tertiary/aromatic N) is 2. The molecule has 2 aromatic heterocycles. The molecule has 0 aliphatic heterocycles. The number of rotatable bonds is 3. The number of furan rings is 1. The predicted octanol–water partition coefficient (Wildman–Crippen LogP) is 2.27. The number of nitrogen functional groups attached to an aromatic ring is 1. The lowest BCUT2D eigenvalue weighted by Crippen LogP contribution is -2.01. The summed E-state index contributed by atoms with van der Waals surface area (Å²) in [7, 11) is 0. The van der Waals surface area contributed by atoms with Crippen molar-refractivity contribution in [3.05, 3.63) is 30.3 Å². The van der Waals surface area contributed by atoms with Gasteiger partial charge in [-0.2, -0.15) is 0 Å². The number of nitrogens with two attached hydrogens (primary N) is 1. The summed E-state index contributed by atoms with van der Waals surface area (Å²) in [5.41, 5.74) is 7.59. The molecule has 0 fully saturated rings. The number of anilines is 1. The number of hydrogen-bond acceptors (Lipinski definition) is 4. The van der Waals surface area contributed by atoms with Gasteiger partial charge in [-0.1, -0.05) is 13.3 Å². The SMILES string of the molecule is CCCc1c(N)ncnc1-c1ccco1. The van der Waals surface area contributed by atoms with E-state index in [1.54, 1.807) is 6.26 Å². The number of aromatic nitrogens is 2. The second-order valence-corrected chi connectivity index (χ2v) is 3.31. The molecular formula is C11H13N3O. The molecule has 0 spiro atoms. The molecule has 4 nitrogen and oxygen atoms in total. The molecule has 0 aliphatic rings. The predicted molar refractivity (Wildman–Crippen MR) is 58.1 cm³/mol. The second-order valence-electron chi connectivity index (χ2n) is 3.31. The van der Waals surface area contributed by atoms with Crippen LogP contribution in [0.3, 0.4) is 0 Å². The van der Waals surface area contributed by atoms with E-state index in [2.05, 4.69) is 16.9 Å². The van der Waals surface area contributed by atoms with Gasteiger partial charge in [-0.15, -0.1) is 0 Å². The van der Waals surface area contributed by atoms with Crippen LogP contribution in [0.5, 0.6) is 0 Å². The molecular weight excluding hydrogens is 190 g/mol. The van der Waals surface area contributed by atoms with E-state index in [1.165, 1.54) is 6.33 Å². The lowest BCUT2D eigenvalue weighted by Gasteiger charge is -2.06. The summed E-state index contributed by atoms with van der Waals surface area (Å²) < 4.78 is 5.32. The van der Waals surface area contributed by atoms with Crippen LogP contribution in [0.25, 0.3) is 11.5 Å². The van der Waals surface area contributed by atoms with E-state index in [-0.39, 0.29) is 0 Å². The molecule has 0 bridgehead atoms. The van der Waals surface area contributed by atoms with E-state index >= 15 is 0 Å². The lowest BCUT2D eigenvalue weighted by molar-refractivity contribution is 0.578. The van der Waals surface area contributed by atoms with Gasteiger partial charge in [-0.05, 0) is 18.6 Å². The van der Waals surface area contributed by atoms with E-state index < -0.39 is 0 Å². The summed E-state index contributed by atoms with van der Waals surface area (Å²) in [6, 6.07) is 3.71. The quantitative estimate of drug-likeness (QED) is 0.831. The second kappa shape index (κ2) is 4.13. The fourth-order valence-corrected chi connectivity index (χ4v) is 1.55. The molecule has 78 valence electrons. The zero-order valence-corrected chi connectivity index (χ0v) is 8.60. The first-order valence-corrected chi connectivity index (χ1v) is 4.96. The van der Waals surface area contributed by atoms with Crippen LogP contribution in [0, 0.1) is 0 Å². The van der Waals surface area contributed by atoms with Gasteiger partial charge in [-0.25, -0.2) is 9.97 Å². The highest BCUT2D eigenvalue weighted by molar-refractivity contribution is 5.62. The van der Waals surface area contributed by atoms with Gasteiger partial charge in [-0.3, -0.25) is 0 Å². The molecule has 0 amide bonds. The first-order chi connectivity index (χ1) is 7.33. The molecule has 0 saturated carbocycles. The van der Waals surface area contributed by atoms with Crippen molar-refractivity contribution in [3.8, 4) is 11.5 Å². The third-order valence-electron chi connectivity index (χ3n) is 2.23. The molecule has 15 heavy (non-hydrogen) atoms. The highest BCUT2D eigenvalue weighted by Crippen LogP contribution is 2.25. The molecule has 0 radical (unpaired) electrons. The molecule has 2 aromatic rings. The Bertz CT molecular complexity index is 437. The third-order valence-corrected chi connectivity index (χ3v) is 2.23. The van der Waals surface area contributed by atoms with Crippen molar-refractivity contribution in [3.63, 3.8) is 0 Å². The highest BCUT2D eigenvalue weighted by atomic mass is 16.3. The zero-order chi connectivity index (χ0) is 10.7. The Hall–Kier alpha value is -1.84. The fraction of sp³-hybridized carbons (Fsp3) is 0.273. The van der Waals surface area contributed by atoms with Crippen molar-refractivity contribution in [2.75, 3.05) is 5.73 Å². The molecule has 0 aromatic carbocycles. The molecule has 0 aliphatic carbocycles. The maximum Gasteiger partial charge on any atom is 0.152 e. The van der Waals surface area contributed by atoms with Crippen molar-refractivity contribution in [2.24, 2.45) is 0 Å². The van der Waals surface area contributed by atoms with Crippen LogP contribution >= 0.6 is 0 Å². The summed E-state index contributed by atoms with van der Waals surface area (Å²) in [5.74, 6) is 1.28. The van der Waals surface area contributed by atoms with Gasteiger partial charge in [0.25, 0.3) is 0 Å². The monoisotopic (exact) mass is 203 g/mol. The van der Waals surface area contributed by atoms with Crippen molar-refractivity contribution in [2.45, 2.75) is 19.8 Å². The van der Waals surface area contributed by atoms with Gasteiger partial charge in [0.05, 0.1) is 6.26 Å². The normalized spacial score (nSPS) is 10.5. The van der Waals surface area contributed by atoms with Crippen LogP contribution in [-0.2, 0) is 6.42 Å². The summed E-state index contributed by atoms with van der Waals surface area (Å²) >= 11 is 0. The minimum Gasteiger partial charge on any atom is -0.463 e. The first-order valence-electron chi connectivity index (χ1n) is 4.96. The average molecular weight is 203 g/mol. The first kappa shape index (κ1) is 9.71. The Kier molecular flexibility index (Phi) is 2.67. The van der Waals surface area contributed by atoms with Crippen LogP contribution < -0.4 is 5.73 Å². The van der Waals surface area contributed by atoms with Crippen LogP contribution in [0.15, 0.2) is 29.1 Å². The third kappa shape index (κ3) is 1.83. The zero-order valence-electron chi connectivity index (χ0n) is 8.60. The van der Waals surface area contributed by atoms with Crippen molar-refractivity contribution in [1.82, 2.24) is 9.97 Å². The van der Waals surface area contributed by atoms with Crippen molar-refractivity contribution < 1.29 is 4.42 Å². The maximum atomic E-state index is 5.82. The Morgan fingerprint density at radius 3 is 2.93 bits per heavy atom. The summed E-state index contributed by atoms with van der Waals surface area (Å²) in [6.07, 6.45) is 4.96. The lowest BCUT2D eigenvalue weighted by atomic mass is 10.1. The molecule has 2 heterocycles. The van der Waals surface area contributed by atoms with Gasteiger partial charge in [0.1, 0.15) is 17.8 Å². The number of hydrogen-bond donors (Lipinski definition) is 1. The van der Waals surface area contributed by atoms with E-state index in [4.69, 9.17) is 10.2 Å². The largest absolute Gasteiger partial charge is 0.463 e. The highest BCUT2D eigenvalue weighted by Gasteiger charge is 2.11. The summed E-state index contributed by atoms with van der Waals surface area (Å²) in [6.45, 7) is 2.10. The van der Waals surface area contributed by atoms with Crippen molar-refractivity contribution >= 4 is 5.82 Å².